The van der Waals surface area contributed by atoms with Crippen LogP contribution in [0.1, 0.15) is 18.4 Å². The van der Waals surface area contributed by atoms with Gasteiger partial charge in [-0.25, -0.2) is 4.98 Å². The Balaban J connectivity index is 1.59. The Bertz CT molecular complexity index is 535. The lowest BCUT2D eigenvalue weighted by molar-refractivity contribution is 0.462. The van der Waals surface area contributed by atoms with Gasteiger partial charge in [0.15, 0.2) is 0 Å². The van der Waals surface area contributed by atoms with Gasteiger partial charge in [-0.15, -0.1) is 0 Å². The fourth-order valence-corrected chi connectivity index (χ4v) is 1.87. The third-order valence-corrected chi connectivity index (χ3v) is 3.26. The second kappa shape index (κ2) is 5.59. The van der Waals surface area contributed by atoms with E-state index in [-0.39, 0.29) is 0 Å². The molecule has 1 saturated carbocycles. The zero-order valence-electron chi connectivity index (χ0n) is 10.5. The van der Waals surface area contributed by atoms with Crippen LogP contribution in [0.3, 0.4) is 0 Å². The van der Waals surface area contributed by atoms with E-state index in [1.807, 2.05) is 30.5 Å². The van der Waals surface area contributed by atoms with Gasteiger partial charge in [0.25, 0.3) is 0 Å². The highest BCUT2D eigenvalue weighted by Crippen LogP contribution is 2.22. The predicted molar refractivity (Wildman–Crippen MR) is 75.6 cm³/mol. The van der Waals surface area contributed by atoms with Crippen LogP contribution in [0.4, 0.5) is 0 Å². The van der Waals surface area contributed by atoms with Crippen molar-refractivity contribution in [3.05, 3.63) is 53.2 Å². The van der Waals surface area contributed by atoms with Crippen molar-refractivity contribution in [2.24, 2.45) is 0 Å². The molecule has 98 valence electrons. The molecule has 1 N–H and O–H groups in total. The molecule has 4 heteroatoms. The van der Waals surface area contributed by atoms with E-state index < -0.39 is 0 Å². The lowest BCUT2D eigenvalue weighted by Gasteiger charge is -2.06. The number of pyridine rings is 1. The second-order valence-corrected chi connectivity index (χ2v) is 5.15. The molecule has 0 aliphatic heterocycles. The van der Waals surface area contributed by atoms with Crippen molar-refractivity contribution in [1.29, 1.82) is 0 Å². The van der Waals surface area contributed by atoms with Gasteiger partial charge in [-0.2, -0.15) is 0 Å². The molecule has 0 saturated heterocycles. The maximum absolute atomic E-state index is 5.82. The Morgan fingerprint density at radius 3 is 2.58 bits per heavy atom. The summed E-state index contributed by atoms with van der Waals surface area (Å²) in [6.45, 7) is 0.874. The van der Waals surface area contributed by atoms with Gasteiger partial charge in [-0.05, 0) is 42.7 Å². The van der Waals surface area contributed by atoms with Crippen LogP contribution in [-0.2, 0) is 6.54 Å². The number of hydrogen-bond acceptors (Lipinski definition) is 3. The molecule has 1 aliphatic carbocycles. The van der Waals surface area contributed by atoms with E-state index in [0.29, 0.717) is 16.9 Å². The van der Waals surface area contributed by atoms with Crippen LogP contribution >= 0.6 is 11.6 Å². The van der Waals surface area contributed by atoms with Crippen molar-refractivity contribution in [3.63, 3.8) is 0 Å². The Kier molecular flexibility index (Phi) is 3.67. The van der Waals surface area contributed by atoms with Crippen LogP contribution < -0.4 is 10.1 Å². The minimum atomic E-state index is 0.595. The third kappa shape index (κ3) is 3.69. The number of ether oxygens (including phenoxy) is 1. The largest absolute Gasteiger partial charge is 0.439 e. The van der Waals surface area contributed by atoms with Gasteiger partial charge in [0.1, 0.15) is 5.75 Å². The van der Waals surface area contributed by atoms with Gasteiger partial charge in [-0.1, -0.05) is 17.7 Å². The molecule has 19 heavy (non-hydrogen) atoms. The summed E-state index contributed by atoms with van der Waals surface area (Å²) >= 11 is 5.82. The van der Waals surface area contributed by atoms with Crippen molar-refractivity contribution in [1.82, 2.24) is 10.3 Å². The first-order valence-electron chi connectivity index (χ1n) is 6.41. The number of hydrogen-bond donors (Lipinski definition) is 1. The van der Waals surface area contributed by atoms with Gasteiger partial charge in [0, 0.05) is 29.9 Å². The lowest BCUT2D eigenvalue weighted by atomic mass is 10.3. The van der Waals surface area contributed by atoms with Gasteiger partial charge in [0.05, 0.1) is 0 Å². The fourth-order valence-electron chi connectivity index (χ4n) is 1.75. The molecule has 0 unspecified atom stereocenters. The van der Waals surface area contributed by atoms with E-state index in [1.54, 1.807) is 12.1 Å². The molecule has 1 fully saturated rings. The normalized spacial score (nSPS) is 14.4. The van der Waals surface area contributed by atoms with Crippen molar-refractivity contribution in [3.8, 4) is 11.6 Å². The number of benzene rings is 1. The van der Waals surface area contributed by atoms with Crippen LogP contribution in [0.25, 0.3) is 0 Å². The Hall–Kier alpha value is -1.58. The van der Waals surface area contributed by atoms with E-state index in [1.165, 1.54) is 18.4 Å². The highest BCUT2D eigenvalue weighted by Gasteiger charge is 2.19. The standard InChI is InChI=1S/C15H15ClN2O/c16-12-2-6-14(7-3-12)19-15-8-1-11(10-18-15)9-17-13-4-5-13/h1-3,6-8,10,13,17H,4-5,9H2. The number of rotatable bonds is 5. The quantitative estimate of drug-likeness (QED) is 0.901. The summed E-state index contributed by atoms with van der Waals surface area (Å²) in [5.74, 6) is 1.33. The maximum atomic E-state index is 5.82. The summed E-state index contributed by atoms with van der Waals surface area (Å²) in [6, 6.07) is 11.9. The second-order valence-electron chi connectivity index (χ2n) is 4.72. The zero-order chi connectivity index (χ0) is 13.1. The summed E-state index contributed by atoms with van der Waals surface area (Å²) < 4.78 is 5.64. The number of nitrogens with zero attached hydrogens (tertiary/aromatic N) is 1. The molecule has 0 spiro atoms. The monoisotopic (exact) mass is 274 g/mol. The van der Waals surface area contributed by atoms with Crippen LogP contribution in [0.2, 0.25) is 5.02 Å². The highest BCUT2D eigenvalue weighted by molar-refractivity contribution is 6.30. The summed E-state index contributed by atoms with van der Waals surface area (Å²) in [4.78, 5) is 4.30. The minimum Gasteiger partial charge on any atom is -0.439 e. The number of halogens is 1. The van der Waals surface area contributed by atoms with E-state index in [4.69, 9.17) is 16.3 Å². The maximum Gasteiger partial charge on any atom is 0.219 e. The summed E-state index contributed by atoms with van der Waals surface area (Å²) in [5, 5.41) is 4.15. The fraction of sp³-hybridized carbons (Fsp3) is 0.267. The molecule has 0 radical (unpaired) electrons. The molecule has 1 aliphatic rings. The summed E-state index contributed by atoms with van der Waals surface area (Å²) in [6.07, 6.45) is 4.44. The van der Waals surface area contributed by atoms with Crippen LogP contribution in [0.15, 0.2) is 42.6 Å². The van der Waals surface area contributed by atoms with Crippen LogP contribution in [0.5, 0.6) is 11.6 Å². The average molecular weight is 275 g/mol. The Morgan fingerprint density at radius 1 is 1.16 bits per heavy atom. The van der Waals surface area contributed by atoms with Crippen LogP contribution in [0, 0.1) is 0 Å². The highest BCUT2D eigenvalue weighted by atomic mass is 35.5. The first kappa shape index (κ1) is 12.5. The molecular weight excluding hydrogens is 260 g/mol. The van der Waals surface area contributed by atoms with Gasteiger partial charge < -0.3 is 10.1 Å². The van der Waals surface area contributed by atoms with E-state index >= 15 is 0 Å². The van der Waals surface area contributed by atoms with Gasteiger partial charge in [0.2, 0.25) is 5.88 Å². The molecule has 3 rings (SSSR count). The topological polar surface area (TPSA) is 34.1 Å². The number of nitrogens with one attached hydrogen (secondary N) is 1. The van der Waals surface area contributed by atoms with Crippen molar-refractivity contribution >= 4 is 11.6 Å². The average Bonchev–Trinajstić information content (AvgIpc) is 3.25. The smallest absolute Gasteiger partial charge is 0.219 e. The molecule has 0 amide bonds. The zero-order valence-corrected chi connectivity index (χ0v) is 11.2. The minimum absolute atomic E-state index is 0.595. The molecule has 1 aromatic carbocycles. The summed E-state index contributed by atoms with van der Waals surface area (Å²) in [7, 11) is 0. The Morgan fingerprint density at radius 2 is 1.95 bits per heavy atom. The molecular formula is C15H15ClN2O. The lowest BCUT2D eigenvalue weighted by Crippen LogP contribution is -2.15. The number of aromatic nitrogens is 1. The first-order chi connectivity index (χ1) is 9.29. The SMILES string of the molecule is Clc1ccc(Oc2ccc(CNC3CC3)cn2)cc1. The van der Waals surface area contributed by atoms with Crippen molar-refractivity contribution in [2.45, 2.75) is 25.4 Å². The summed E-state index contributed by atoms with van der Waals surface area (Å²) in [5.41, 5.74) is 1.18. The molecule has 3 nitrogen and oxygen atoms in total. The van der Waals surface area contributed by atoms with Gasteiger partial charge >= 0.3 is 0 Å². The molecule has 0 bridgehead atoms. The third-order valence-electron chi connectivity index (χ3n) is 3.01. The van der Waals surface area contributed by atoms with Gasteiger partial charge in [-0.3, -0.25) is 0 Å². The van der Waals surface area contributed by atoms with Crippen LogP contribution in [-0.4, -0.2) is 11.0 Å². The molecule has 2 aromatic rings. The molecule has 1 heterocycles. The molecule has 0 atom stereocenters. The van der Waals surface area contributed by atoms with E-state index in [2.05, 4.69) is 10.3 Å². The van der Waals surface area contributed by atoms with E-state index in [9.17, 15) is 0 Å². The predicted octanol–water partition coefficient (Wildman–Crippen LogP) is 3.78. The van der Waals surface area contributed by atoms with E-state index in [0.717, 1.165) is 12.3 Å². The van der Waals surface area contributed by atoms with Crippen molar-refractivity contribution < 1.29 is 4.74 Å². The van der Waals surface area contributed by atoms with Crippen molar-refractivity contribution in [2.75, 3.05) is 0 Å². The Labute approximate surface area is 117 Å². The first-order valence-corrected chi connectivity index (χ1v) is 6.79. The molecule has 1 aromatic heterocycles.